The van der Waals surface area contributed by atoms with Crippen molar-refractivity contribution < 1.29 is 14.6 Å². The molecule has 2 unspecified atom stereocenters. The third-order valence-corrected chi connectivity index (χ3v) is 3.93. The van der Waals surface area contributed by atoms with Crippen LogP contribution in [0.4, 0.5) is 0 Å². The maximum Gasteiger partial charge on any atom is 0.260 e. The van der Waals surface area contributed by atoms with Crippen molar-refractivity contribution >= 4 is 5.91 Å². The molecule has 1 saturated heterocycles. The lowest BCUT2D eigenvalue weighted by molar-refractivity contribution is -0.132. The third kappa shape index (κ3) is 3.73. The summed E-state index contributed by atoms with van der Waals surface area (Å²) < 4.78 is 5.56. The van der Waals surface area contributed by atoms with Crippen LogP contribution in [0, 0.1) is 5.92 Å². The van der Waals surface area contributed by atoms with E-state index in [1.807, 2.05) is 24.3 Å². The minimum absolute atomic E-state index is 0.00458. The molecule has 1 amide bonds. The maximum atomic E-state index is 12.1. The van der Waals surface area contributed by atoms with Gasteiger partial charge in [-0.15, -0.1) is 0 Å². The van der Waals surface area contributed by atoms with Gasteiger partial charge in [0.1, 0.15) is 5.75 Å². The summed E-state index contributed by atoms with van der Waals surface area (Å²) in [6.45, 7) is 5.29. The number of rotatable bonds is 5. The number of ether oxygens (including phenoxy) is 1. The van der Waals surface area contributed by atoms with Crippen molar-refractivity contribution in [2.45, 2.75) is 32.8 Å². The predicted molar refractivity (Wildman–Crippen MR) is 77.7 cm³/mol. The summed E-state index contributed by atoms with van der Waals surface area (Å²) >= 11 is 0. The van der Waals surface area contributed by atoms with Crippen molar-refractivity contribution in [2.75, 3.05) is 19.7 Å². The monoisotopic (exact) mass is 277 g/mol. The Bertz CT molecular complexity index is 459. The Morgan fingerprint density at radius 1 is 1.55 bits per heavy atom. The zero-order chi connectivity index (χ0) is 14.5. The molecule has 110 valence electrons. The molecule has 0 aromatic heterocycles. The van der Waals surface area contributed by atoms with E-state index in [2.05, 4.69) is 6.92 Å². The average molecular weight is 277 g/mol. The third-order valence-electron chi connectivity index (χ3n) is 3.93. The summed E-state index contributed by atoms with van der Waals surface area (Å²) in [5.74, 6) is 0.932. The lowest BCUT2D eigenvalue weighted by Crippen LogP contribution is -2.34. The molecule has 1 aliphatic heterocycles. The number of hydrogen-bond acceptors (Lipinski definition) is 3. The molecule has 2 rings (SSSR count). The molecule has 1 fully saturated rings. The fourth-order valence-electron chi connectivity index (χ4n) is 2.50. The fraction of sp³-hybridized carbons (Fsp3) is 0.562. The van der Waals surface area contributed by atoms with E-state index in [1.165, 1.54) is 5.56 Å². The summed E-state index contributed by atoms with van der Waals surface area (Å²) in [5.41, 5.74) is 1.20. The zero-order valence-corrected chi connectivity index (χ0v) is 12.2. The minimum atomic E-state index is -0.352. The smallest absolute Gasteiger partial charge is 0.260 e. The number of nitrogens with zero attached hydrogens (tertiary/aromatic N) is 1. The molecule has 1 aromatic rings. The highest BCUT2D eigenvalue weighted by molar-refractivity contribution is 5.78. The molecule has 0 spiro atoms. The molecule has 1 aliphatic rings. The van der Waals surface area contributed by atoms with Gasteiger partial charge in [0.05, 0.1) is 6.10 Å². The van der Waals surface area contributed by atoms with Crippen LogP contribution in [-0.2, 0) is 11.2 Å². The van der Waals surface area contributed by atoms with Crippen LogP contribution in [0.2, 0.25) is 0 Å². The number of hydrogen-bond donors (Lipinski definition) is 1. The predicted octanol–water partition coefficient (Wildman–Crippen LogP) is 1.86. The van der Waals surface area contributed by atoms with E-state index in [0.29, 0.717) is 13.1 Å². The first kappa shape index (κ1) is 14.9. The molecule has 1 heterocycles. The van der Waals surface area contributed by atoms with Crippen molar-refractivity contribution in [3.8, 4) is 5.75 Å². The minimum Gasteiger partial charge on any atom is -0.484 e. The van der Waals surface area contributed by atoms with Crippen LogP contribution < -0.4 is 4.74 Å². The summed E-state index contributed by atoms with van der Waals surface area (Å²) in [4.78, 5) is 13.8. The number of likely N-dealkylation sites (tertiary alicyclic amines) is 1. The van der Waals surface area contributed by atoms with Crippen LogP contribution in [0.25, 0.3) is 0 Å². The van der Waals surface area contributed by atoms with E-state index in [0.717, 1.165) is 18.6 Å². The molecule has 0 saturated carbocycles. The highest BCUT2D eigenvalue weighted by atomic mass is 16.5. The fourth-order valence-corrected chi connectivity index (χ4v) is 2.50. The van der Waals surface area contributed by atoms with Gasteiger partial charge in [0.2, 0.25) is 0 Å². The highest BCUT2D eigenvalue weighted by Crippen LogP contribution is 2.20. The van der Waals surface area contributed by atoms with Crippen molar-refractivity contribution in [3.63, 3.8) is 0 Å². The van der Waals surface area contributed by atoms with Crippen molar-refractivity contribution in [1.29, 1.82) is 0 Å². The van der Waals surface area contributed by atoms with Crippen molar-refractivity contribution in [3.05, 3.63) is 29.8 Å². The molecule has 1 N–H and O–H groups in total. The first-order valence-electron chi connectivity index (χ1n) is 7.27. The molecular weight excluding hydrogens is 254 g/mol. The van der Waals surface area contributed by atoms with E-state index in [9.17, 15) is 9.90 Å². The Balaban J connectivity index is 1.83. The van der Waals surface area contributed by atoms with Crippen molar-refractivity contribution in [1.82, 2.24) is 4.90 Å². The van der Waals surface area contributed by atoms with Crippen LogP contribution in [-0.4, -0.2) is 41.7 Å². The second-order valence-electron chi connectivity index (χ2n) is 5.42. The van der Waals surface area contributed by atoms with E-state index in [-0.39, 0.29) is 24.5 Å². The van der Waals surface area contributed by atoms with E-state index in [4.69, 9.17) is 4.74 Å². The van der Waals surface area contributed by atoms with E-state index < -0.39 is 0 Å². The molecule has 0 bridgehead atoms. The standard InChI is InChI=1S/C16H23NO3/c1-3-13-5-4-6-15(9-13)20-11-16(19)17-8-7-14(10-17)12(2)18/h4-6,9,12,14,18H,3,7-8,10-11H2,1-2H3. The molecule has 4 nitrogen and oxygen atoms in total. The van der Waals surface area contributed by atoms with Crippen molar-refractivity contribution in [2.24, 2.45) is 5.92 Å². The Morgan fingerprint density at radius 3 is 3.00 bits per heavy atom. The van der Waals surface area contributed by atoms with Gasteiger partial charge in [0, 0.05) is 19.0 Å². The van der Waals surface area contributed by atoms with Gasteiger partial charge in [-0.05, 0) is 37.5 Å². The maximum absolute atomic E-state index is 12.1. The Labute approximate surface area is 120 Å². The molecule has 4 heteroatoms. The Kier molecular flexibility index (Phi) is 5.01. The summed E-state index contributed by atoms with van der Waals surface area (Å²) in [6.07, 6.45) is 1.47. The SMILES string of the molecule is CCc1cccc(OCC(=O)N2CCC(C(C)O)C2)c1. The number of aryl methyl sites for hydroxylation is 1. The molecular formula is C16H23NO3. The number of amides is 1. The molecule has 0 aliphatic carbocycles. The van der Waals surface area contributed by atoms with Crippen LogP contribution >= 0.6 is 0 Å². The first-order chi connectivity index (χ1) is 9.60. The number of aliphatic hydroxyl groups excluding tert-OH is 1. The van der Waals surface area contributed by atoms with E-state index >= 15 is 0 Å². The van der Waals surface area contributed by atoms with Gasteiger partial charge in [-0.25, -0.2) is 0 Å². The van der Waals surface area contributed by atoms with Gasteiger partial charge in [-0.1, -0.05) is 19.1 Å². The van der Waals surface area contributed by atoms with Gasteiger partial charge in [-0.2, -0.15) is 0 Å². The van der Waals surface area contributed by atoms with Crippen LogP contribution in [0.3, 0.4) is 0 Å². The molecule has 20 heavy (non-hydrogen) atoms. The number of carbonyl (C=O) groups excluding carboxylic acids is 1. The normalized spacial score (nSPS) is 19.9. The first-order valence-corrected chi connectivity index (χ1v) is 7.27. The second-order valence-corrected chi connectivity index (χ2v) is 5.42. The van der Waals surface area contributed by atoms with Crippen LogP contribution in [0.5, 0.6) is 5.75 Å². The molecule has 1 aromatic carbocycles. The van der Waals surface area contributed by atoms with Gasteiger partial charge in [0.15, 0.2) is 6.61 Å². The number of carbonyl (C=O) groups is 1. The summed E-state index contributed by atoms with van der Waals surface area (Å²) in [6, 6.07) is 7.82. The van der Waals surface area contributed by atoms with Gasteiger partial charge >= 0.3 is 0 Å². The van der Waals surface area contributed by atoms with Gasteiger partial charge in [-0.3, -0.25) is 4.79 Å². The Hall–Kier alpha value is -1.55. The molecule has 2 atom stereocenters. The quantitative estimate of drug-likeness (QED) is 0.893. The number of aliphatic hydroxyl groups is 1. The van der Waals surface area contributed by atoms with Crippen LogP contribution in [0.1, 0.15) is 25.8 Å². The Morgan fingerprint density at radius 2 is 2.35 bits per heavy atom. The highest BCUT2D eigenvalue weighted by Gasteiger charge is 2.29. The van der Waals surface area contributed by atoms with Gasteiger partial charge < -0.3 is 14.7 Å². The summed E-state index contributed by atoms with van der Waals surface area (Å²) in [5, 5.41) is 9.55. The zero-order valence-electron chi connectivity index (χ0n) is 12.2. The molecule has 0 radical (unpaired) electrons. The number of benzene rings is 1. The lowest BCUT2D eigenvalue weighted by atomic mass is 10.0. The lowest BCUT2D eigenvalue weighted by Gasteiger charge is -2.18. The topological polar surface area (TPSA) is 49.8 Å². The second kappa shape index (κ2) is 6.75. The summed E-state index contributed by atoms with van der Waals surface area (Å²) in [7, 11) is 0. The van der Waals surface area contributed by atoms with E-state index in [1.54, 1.807) is 11.8 Å². The average Bonchev–Trinajstić information content (AvgIpc) is 2.95. The van der Waals surface area contributed by atoms with Gasteiger partial charge in [0.25, 0.3) is 5.91 Å². The largest absolute Gasteiger partial charge is 0.484 e. The van der Waals surface area contributed by atoms with Crippen LogP contribution in [0.15, 0.2) is 24.3 Å².